The lowest BCUT2D eigenvalue weighted by atomic mass is 9.82. The Hall–Kier alpha value is -2.57. The maximum absolute atomic E-state index is 12.6. The maximum atomic E-state index is 12.6. The second-order valence-corrected chi connectivity index (χ2v) is 8.58. The Labute approximate surface area is 181 Å². The minimum absolute atomic E-state index is 0.0966. The number of nitrogens with zero attached hydrogens (tertiary/aromatic N) is 1. The average Bonchev–Trinajstić information content (AvgIpc) is 2.70. The van der Waals surface area contributed by atoms with Gasteiger partial charge in [-0.25, -0.2) is 0 Å². The number of amides is 1. The van der Waals surface area contributed by atoms with E-state index in [1.165, 1.54) is 0 Å². The van der Waals surface area contributed by atoms with Crippen molar-refractivity contribution in [2.24, 2.45) is 0 Å². The minimum Gasteiger partial charge on any atom is -0.486 e. The molecule has 1 saturated heterocycles. The molecule has 6 nitrogen and oxygen atoms in total. The summed E-state index contributed by atoms with van der Waals surface area (Å²) >= 11 is 6.17. The Balaban J connectivity index is 1.30. The number of nitrogen functional groups attached to an aromatic ring is 1. The highest BCUT2D eigenvalue weighted by Crippen LogP contribution is 2.39. The molecule has 0 aromatic heterocycles. The molecule has 2 aliphatic heterocycles. The molecule has 0 atom stereocenters. The second kappa shape index (κ2) is 8.28. The van der Waals surface area contributed by atoms with E-state index >= 15 is 0 Å². The van der Waals surface area contributed by atoms with E-state index in [2.05, 4.69) is 10.2 Å². The van der Waals surface area contributed by atoms with Gasteiger partial charge in [0.2, 0.25) is 0 Å². The van der Waals surface area contributed by atoms with Crippen molar-refractivity contribution in [3.63, 3.8) is 0 Å². The molecule has 0 radical (unpaired) electrons. The summed E-state index contributed by atoms with van der Waals surface area (Å²) in [6.45, 7) is 4.80. The zero-order valence-electron chi connectivity index (χ0n) is 17.0. The highest BCUT2D eigenvalue weighted by atomic mass is 35.5. The average molecular weight is 428 g/mol. The first-order valence-electron chi connectivity index (χ1n) is 10.2. The topological polar surface area (TPSA) is 84.7 Å². The molecule has 7 heteroatoms. The number of halogens is 1. The third-order valence-electron chi connectivity index (χ3n) is 6.04. The number of carbonyl (C=O) groups excluding carboxylic acids is 2. The fourth-order valence-corrected chi connectivity index (χ4v) is 4.62. The van der Waals surface area contributed by atoms with E-state index in [0.717, 1.165) is 38.0 Å². The van der Waals surface area contributed by atoms with Gasteiger partial charge in [-0.1, -0.05) is 23.7 Å². The summed E-state index contributed by atoms with van der Waals surface area (Å²) in [5, 5.41) is 3.43. The van der Waals surface area contributed by atoms with Crippen LogP contribution < -0.4 is 15.8 Å². The number of fused-ring (bicyclic) bond motifs is 1. The van der Waals surface area contributed by atoms with Crippen LogP contribution in [0.1, 0.15) is 45.5 Å². The summed E-state index contributed by atoms with van der Waals surface area (Å²) in [5.74, 6) is 0.583. The van der Waals surface area contributed by atoms with Gasteiger partial charge in [0.1, 0.15) is 11.4 Å². The van der Waals surface area contributed by atoms with Crippen molar-refractivity contribution in [2.75, 3.05) is 31.9 Å². The quantitative estimate of drug-likeness (QED) is 0.730. The van der Waals surface area contributed by atoms with Crippen LogP contribution in [0.15, 0.2) is 36.4 Å². The normalized spacial score (nSPS) is 18.0. The lowest BCUT2D eigenvalue weighted by Gasteiger charge is -2.44. The summed E-state index contributed by atoms with van der Waals surface area (Å²) in [6.07, 6.45) is 1.94. The Kier molecular flexibility index (Phi) is 5.71. The van der Waals surface area contributed by atoms with E-state index in [4.69, 9.17) is 22.1 Å². The molecular formula is C23H26ClN3O3. The molecule has 158 valence electrons. The number of likely N-dealkylation sites (tertiary alicyclic amines) is 1. The van der Waals surface area contributed by atoms with Gasteiger partial charge >= 0.3 is 0 Å². The van der Waals surface area contributed by atoms with Crippen molar-refractivity contribution in [1.29, 1.82) is 0 Å². The predicted molar refractivity (Wildman–Crippen MR) is 117 cm³/mol. The van der Waals surface area contributed by atoms with Gasteiger partial charge in [0.05, 0.1) is 22.6 Å². The Morgan fingerprint density at radius 1 is 1.27 bits per heavy atom. The number of nitrogens with one attached hydrogen (secondary N) is 1. The van der Waals surface area contributed by atoms with Crippen molar-refractivity contribution >= 4 is 29.0 Å². The molecule has 1 spiro atoms. The maximum Gasteiger partial charge on any atom is 0.253 e. The fraction of sp³-hybridized carbons (Fsp3) is 0.391. The molecule has 3 N–H and O–H groups in total. The third kappa shape index (κ3) is 4.16. The van der Waals surface area contributed by atoms with Crippen molar-refractivity contribution < 1.29 is 14.3 Å². The van der Waals surface area contributed by atoms with Crippen molar-refractivity contribution in [1.82, 2.24) is 10.2 Å². The molecule has 2 aromatic carbocycles. The third-order valence-corrected chi connectivity index (χ3v) is 6.36. The number of hydrogen-bond donors (Lipinski definition) is 2. The van der Waals surface area contributed by atoms with Gasteiger partial charge in [-0.05, 0) is 36.8 Å². The molecule has 4 rings (SSSR count). The van der Waals surface area contributed by atoms with Gasteiger partial charge < -0.3 is 20.7 Å². The second-order valence-electron chi connectivity index (χ2n) is 8.17. The van der Waals surface area contributed by atoms with Crippen LogP contribution in [0.5, 0.6) is 5.75 Å². The number of aryl methyl sites for hydroxylation is 1. The largest absolute Gasteiger partial charge is 0.486 e. The standard InChI is InChI=1S/C23H26ClN3O3/c1-15-3-2-4-18(24)21(15)22(29)26-9-12-27-10-7-23(8-11-27)14-19(28)17-13-16(25)5-6-20(17)30-23/h2-6,13H,7-12,14,25H2,1H3,(H,26,29). The molecule has 2 heterocycles. The molecule has 2 aliphatic rings. The van der Waals surface area contributed by atoms with E-state index in [1.807, 2.05) is 19.1 Å². The van der Waals surface area contributed by atoms with Gasteiger partial charge in [-0.3, -0.25) is 9.59 Å². The van der Waals surface area contributed by atoms with Gasteiger partial charge in [0.15, 0.2) is 5.78 Å². The zero-order valence-corrected chi connectivity index (χ0v) is 17.8. The Bertz CT molecular complexity index is 963. The summed E-state index contributed by atoms with van der Waals surface area (Å²) < 4.78 is 6.27. The summed E-state index contributed by atoms with van der Waals surface area (Å²) in [7, 11) is 0. The first-order valence-corrected chi connectivity index (χ1v) is 10.6. The molecule has 1 amide bonds. The molecule has 0 unspecified atom stereocenters. The molecule has 0 aliphatic carbocycles. The highest BCUT2D eigenvalue weighted by molar-refractivity contribution is 6.34. The van der Waals surface area contributed by atoms with Crippen molar-refractivity contribution in [3.05, 3.63) is 58.1 Å². The van der Waals surface area contributed by atoms with Crippen molar-refractivity contribution in [3.8, 4) is 5.75 Å². The van der Waals surface area contributed by atoms with E-state index in [-0.39, 0.29) is 11.7 Å². The monoisotopic (exact) mass is 427 g/mol. The number of ketones is 1. The minimum atomic E-state index is -0.436. The molecule has 2 aromatic rings. The van der Waals surface area contributed by atoms with E-state index < -0.39 is 5.60 Å². The zero-order chi connectivity index (χ0) is 21.3. The van der Waals surface area contributed by atoms with E-state index in [1.54, 1.807) is 24.3 Å². The van der Waals surface area contributed by atoms with Crippen molar-refractivity contribution in [2.45, 2.75) is 31.8 Å². The van der Waals surface area contributed by atoms with Crippen LogP contribution in [0, 0.1) is 6.92 Å². The lowest BCUT2D eigenvalue weighted by Crippen LogP contribution is -2.52. The highest BCUT2D eigenvalue weighted by Gasteiger charge is 2.42. The van der Waals surface area contributed by atoms with Crippen LogP contribution in [0.2, 0.25) is 5.02 Å². The molecule has 1 fully saturated rings. The molecule has 0 bridgehead atoms. The Morgan fingerprint density at radius 3 is 2.77 bits per heavy atom. The molecular weight excluding hydrogens is 402 g/mol. The number of carbonyl (C=O) groups is 2. The molecule has 0 saturated carbocycles. The van der Waals surface area contributed by atoms with Crippen LogP contribution >= 0.6 is 11.6 Å². The Morgan fingerprint density at radius 2 is 2.03 bits per heavy atom. The lowest BCUT2D eigenvalue weighted by molar-refractivity contribution is -0.00863. The summed E-state index contributed by atoms with van der Waals surface area (Å²) in [6, 6.07) is 10.7. The number of anilines is 1. The number of Topliss-reactive ketones (excluding diaryl/α,β-unsaturated/α-hetero) is 1. The smallest absolute Gasteiger partial charge is 0.253 e. The number of nitrogens with two attached hydrogens (primary N) is 1. The van der Waals surface area contributed by atoms with Gasteiger partial charge in [0.25, 0.3) is 5.91 Å². The van der Waals surface area contributed by atoms with Gasteiger partial charge in [0, 0.05) is 44.7 Å². The first kappa shape index (κ1) is 20.7. The van der Waals surface area contributed by atoms with Crippen LogP contribution in [0.3, 0.4) is 0 Å². The number of ether oxygens (including phenoxy) is 1. The summed E-state index contributed by atoms with van der Waals surface area (Å²) in [4.78, 5) is 27.4. The van der Waals surface area contributed by atoms with Crippen LogP contribution in [-0.2, 0) is 0 Å². The number of rotatable bonds is 4. The van der Waals surface area contributed by atoms with Crippen LogP contribution in [-0.4, -0.2) is 48.4 Å². The van der Waals surface area contributed by atoms with E-state index in [9.17, 15) is 9.59 Å². The molecule has 30 heavy (non-hydrogen) atoms. The van der Waals surface area contributed by atoms with Gasteiger partial charge in [-0.15, -0.1) is 0 Å². The number of hydrogen-bond acceptors (Lipinski definition) is 5. The first-order chi connectivity index (χ1) is 14.4. The fourth-order valence-electron chi connectivity index (χ4n) is 4.31. The number of piperidine rings is 1. The SMILES string of the molecule is Cc1cccc(Cl)c1C(=O)NCCN1CCC2(CC1)CC(=O)c1cc(N)ccc1O2. The van der Waals surface area contributed by atoms with Crippen LogP contribution in [0.4, 0.5) is 5.69 Å². The summed E-state index contributed by atoms with van der Waals surface area (Å²) in [5.41, 5.74) is 7.92. The number of benzene rings is 2. The van der Waals surface area contributed by atoms with Crippen LogP contribution in [0.25, 0.3) is 0 Å². The van der Waals surface area contributed by atoms with E-state index in [0.29, 0.717) is 40.6 Å². The predicted octanol–water partition coefficient (Wildman–Crippen LogP) is 3.46. The van der Waals surface area contributed by atoms with Gasteiger partial charge in [-0.2, -0.15) is 0 Å².